The smallest absolute Gasteiger partial charge is 0.203 e. The van der Waals surface area contributed by atoms with Crippen molar-refractivity contribution >= 4 is 5.95 Å². The van der Waals surface area contributed by atoms with Crippen LogP contribution in [0.5, 0.6) is 0 Å². The van der Waals surface area contributed by atoms with Crippen LogP contribution in [0.2, 0.25) is 0 Å². The second-order valence-electron chi connectivity index (χ2n) is 4.76. The van der Waals surface area contributed by atoms with Crippen LogP contribution >= 0.6 is 0 Å². The fourth-order valence-electron chi connectivity index (χ4n) is 2.06. The molecule has 6 heteroatoms. The zero-order valence-corrected chi connectivity index (χ0v) is 12.5. The number of imidazole rings is 1. The summed E-state index contributed by atoms with van der Waals surface area (Å²) in [7, 11) is 1.95. The molecule has 0 aromatic carbocycles. The summed E-state index contributed by atoms with van der Waals surface area (Å²) in [6.45, 7) is 7.20. The molecule has 0 aliphatic heterocycles. The lowest BCUT2D eigenvalue weighted by molar-refractivity contribution is 0.147. The molecule has 2 rings (SSSR count). The molecule has 0 aliphatic rings. The molecule has 2 aromatic rings. The van der Waals surface area contributed by atoms with Crippen LogP contribution in [0.15, 0.2) is 18.5 Å². The third-order valence-electron chi connectivity index (χ3n) is 3.10. The summed E-state index contributed by atoms with van der Waals surface area (Å²) in [6.07, 6.45) is 4.84. The average molecular weight is 277 g/mol. The number of hydrogen-bond acceptors (Lipinski definition) is 4. The summed E-state index contributed by atoms with van der Waals surface area (Å²) in [6, 6.07) is 2.02. The summed E-state index contributed by atoms with van der Waals surface area (Å²) in [5.74, 6) is 0.903. The van der Waals surface area contributed by atoms with Gasteiger partial charge in [-0.3, -0.25) is 4.68 Å². The number of anilines is 1. The quantitative estimate of drug-likeness (QED) is 0.748. The largest absolute Gasteiger partial charge is 0.382 e. The van der Waals surface area contributed by atoms with E-state index in [4.69, 9.17) is 4.74 Å². The van der Waals surface area contributed by atoms with Crippen molar-refractivity contribution in [3.63, 3.8) is 0 Å². The lowest BCUT2D eigenvalue weighted by Gasteiger charge is -2.10. The third kappa shape index (κ3) is 3.84. The highest BCUT2D eigenvalue weighted by molar-refractivity contribution is 5.29. The second-order valence-corrected chi connectivity index (χ2v) is 4.76. The summed E-state index contributed by atoms with van der Waals surface area (Å²) < 4.78 is 9.33. The van der Waals surface area contributed by atoms with E-state index in [0.29, 0.717) is 0 Å². The Morgan fingerprint density at radius 1 is 1.40 bits per heavy atom. The van der Waals surface area contributed by atoms with Crippen LogP contribution in [-0.2, 0) is 18.3 Å². The molecule has 0 amide bonds. The van der Waals surface area contributed by atoms with E-state index >= 15 is 0 Å². The van der Waals surface area contributed by atoms with E-state index in [1.165, 1.54) is 0 Å². The van der Waals surface area contributed by atoms with Gasteiger partial charge in [0.2, 0.25) is 5.95 Å². The second kappa shape index (κ2) is 7.09. The number of aryl methyl sites for hydroxylation is 2. The van der Waals surface area contributed by atoms with E-state index in [2.05, 4.69) is 26.2 Å². The van der Waals surface area contributed by atoms with E-state index in [9.17, 15) is 0 Å². The molecule has 0 atom stereocenters. The topological polar surface area (TPSA) is 56.9 Å². The molecule has 0 aliphatic carbocycles. The zero-order valence-electron chi connectivity index (χ0n) is 12.5. The van der Waals surface area contributed by atoms with Crippen molar-refractivity contribution < 1.29 is 4.74 Å². The van der Waals surface area contributed by atoms with Gasteiger partial charge in [-0.15, -0.1) is 0 Å². The summed E-state index contributed by atoms with van der Waals surface area (Å²) in [5.41, 5.74) is 2.17. The van der Waals surface area contributed by atoms with Crippen LogP contribution in [0, 0.1) is 6.92 Å². The van der Waals surface area contributed by atoms with E-state index in [-0.39, 0.29) is 0 Å². The highest BCUT2D eigenvalue weighted by Gasteiger charge is 2.07. The predicted octanol–water partition coefficient (Wildman–Crippen LogP) is 1.81. The molecule has 0 spiro atoms. The van der Waals surface area contributed by atoms with E-state index in [1.54, 1.807) is 0 Å². The Kier molecular flexibility index (Phi) is 5.17. The van der Waals surface area contributed by atoms with E-state index in [1.807, 2.05) is 37.8 Å². The molecule has 0 unspecified atom stereocenters. The number of hydrogen-bond donors (Lipinski definition) is 1. The first-order valence-corrected chi connectivity index (χ1v) is 7.03. The molecule has 0 saturated heterocycles. The average Bonchev–Trinajstić information content (AvgIpc) is 2.97. The minimum absolute atomic E-state index is 0.769. The van der Waals surface area contributed by atoms with Crippen LogP contribution < -0.4 is 5.32 Å². The van der Waals surface area contributed by atoms with E-state index in [0.717, 1.165) is 50.1 Å². The SMILES string of the molecule is CCOCCCNc1nc(C)cn1Cc1ccnn1C. The van der Waals surface area contributed by atoms with Crippen LogP contribution in [0.1, 0.15) is 24.7 Å². The van der Waals surface area contributed by atoms with E-state index < -0.39 is 0 Å². The molecule has 0 fully saturated rings. The molecule has 110 valence electrons. The van der Waals surface area contributed by atoms with Gasteiger partial charge in [-0.05, 0) is 26.3 Å². The molecule has 2 heterocycles. The minimum Gasteiger partial charge on any atom is -0.382 e. The number of nitrogens with one attached hydrogen (secondary N) is 1. The van der Waals surface area contributed by atoms with Crippen LogP contribution in [0.4, 0.5) is 5.95 Å². The molecule has 0 radical (unpaired) electrons. The monoisotopic (exact) mass is 277 g/mol. The Hall–Kier alpha value is -1.82. The first kappa shape index (κ1) is 14.6. The van der Waals surface area contributed by atoms with Crippen LogP contribution in [-0.4, -0.2) is 39.1 Å². The van der Waals surface area contributed by atoms with Crippen molar-refractivity contribution in [1.29, 1.82) is 0 Å². The fraction of sp³-hybridized carbons (Fsp3) is 0.571. The Morgan fingerprint density at radius 2 is 2.25 bits per heavy atom. The molecule has 1 N–H and O–H groups in total. The van der Waals surface area contributed by atoms with Crippen molar-refractivity contribution in [3.05, 3.63) is 29.8 Å². The number of nitrogens with zero attached hydrogens (tertiary/aromatic N) is 4. The summed E-state index contributed by atoms with van der Waals surface area (Å²) in [4.78, 5) is 4.52. The normalized spacial score (nSPS) is 10.9. The van der Waals surface area contributed by atoms with Crippen LogP contribution in [0.3, 0.4) is 0 Å². The number of ether oxygens (including phenoxy) is 1. The van der Waals surface area contributed by atoms with Crippen molar-refractivity contribution in [2.45, 2.75) is 26.8 Å². The van der Waals surface area contributed by atoms with Gasteiger partial charge in [-0.25, -0.2) is 4.98 Å². The van der Waals surface area contributed by atoms with Gasteiger partial charge in [0.25, 0.3) is 0 Å². The summed E-state index contributed by atoms with van der Waals surface area (Å²) in [5, 5.41) is 7.56. The highest BCUT2D eigenvalue weighted by Crippen LogP contribution is 2.11. The number of aromatic nitrogens is 4. The Labute approximate surface area is 119 Å². The maximum absolute atomic E-state index is 5.33. The van der Waals surface area contributed by atoms with Gasteiger partial charge in [0.15, 0.2) is 0 Å². The summed E-state index contributed by atoms with van der Waals surface area (Å²) >= 11 is 0. The standard InChI is InChI=1S/C14H23N5O/c1-4-20-9-5-7-15-14-17-12(2)10-19(14)11-13-6-8-16-18(13)3/h6,8,10H,4-5,7,9,11H2,1-3H3,(H,15,17). The van der Waals surface area contributed by atoms with Crippen molar-refractivity contribution in [2.75, 3.05) is 25.1 Å². The lowest BCUT2D eigenvalue weighted by Crippen LogP contribution is -2.12. The van der Waals surface area contributed by atoms with Gasteiger partial charge in [0.05, 0.1) is 17.9 Å². The van der Waals surface area contributed by atoms with Gasteiger partial charge in [-0.1, -0.05) is 0 Å². The Bertz CT molecular complexity index is 531. The highest BCUT2D eigenvalue weighted by atomic mass is 16.5. The molecule has 0 bridgehead atoms. The molecule has 0 saturated carbocycles. The van der Waals surface area contributed by atoms with Gasteiger partial charge in [-0.2, -0.15) is 5.10 Å². The molecular weight excluding hydrogens is 254 g/mol. The van der Waals surface area contributed by atoms with Crippen molar-refractivity contribution in [2.24, 2.45) is 7.05 Å². The first-order chi connectivity index (χ1) is 9.70. The molecule has 20 heavy (non-hydrogen) atoms. The first-order valence-electron chi connectivity index (χ1n) is 7.03. The predicted molar refractivity (Wildman–Crippen MR) is 78.9 cm³/mol. The van der Waals surface area contributed by atoms with Crippen molar-refractivity contribution in [1.82, 2.24) is 19.3 Å². The Balaban J connectivity index is 1.94. The van der Waals surface area contributed by atoms with Gasteiger partial charge < -0.3 is 14.6 Å². The van der Waals surface area contributed by atoms with Crippen molar-refractivity contribution in [3.8, 4) is 0 Å². The lowest BCUT2D eigenvalue weighted by atomic mass is 10.4. The molecule has 6 nitrogen and oxygen atoms in total. The fourth-order valence-corrected chi connectivity index (χ4v) is 2.06. The maximum atomic E-state index is 5.33. The van der Waals surface area contributed by atoms with Crippen LogP contribution in [0.25, 0.3) is 0 Å². The zero-order chi connectivity index (χ0) is 14.4. The van der Waals surface area contributed by atoms with Gasteiger partial charge in [0, 0.05) is 39.2 Å². The molecule has 2 aromatic heterocycles. The number of rotatable bonds is 8. The molecular formula is C14H23N5O. The van der Waals surface area contributed by atoms with Gasteiger partial charge in [0.1, 0.15) is 0 Å². The maximum Gasteiger partial charge on any atom is 0.203 e. The van der Waals surface area contributed by atoms with Gasteiger partial charge >= 0.3 is 0 Å². The third-order valence-corrected chi connectivity index (χ3v) is 3.10. The minimum atomic E-state index is 0.769. The Morgan fingerprint density at radius 3 is 2.95 bits per heavy atom.